The highest BCUT2D eigenvalue weighted by Crippen LogP contribution is 2.03. The lowest BCUT2D eigenvalue weighted by atomic mass is 10.1. The Labute approximate surface area is 121 Å². The fourth-order valence-corrected chi connectivity index (χ4v) is 1.94. The summed E-state index contributed by atoms with van der Waals surface area (Å²) in [5.74, 6) is -1.20. The van der Waals surface area contributed by atoms with Crippen LogP contribution in [-0.2, 0) is 16.0 Å². The second-order valence-electron chi connectivity index (χ2n) is 4.69. The Kier molecular flexibility index (Phi) is 6.04. The maximum atomic E-state index is 11.8. The van der Waals surface area contributed by atoms with E-state index in [4.69, 9.17) is 10.2 Å². The van der Waals surface area contributed by atoms with Crippen molar-refractivity contribution < 1.29 is 19.8 Å². The monoisotopic (exact) mass is 297 g/mol. The summed E-state index contributed by atoms with van der Waals surface area (Å²) < 4.78 is 0. The first-order valence-corrected chi connectivity index (χ1v) is 6.54. The molecule has 0 saturated carbocycles. The number of rotatable bonds is 7. The molecular formula is C13H19N3O5. The molecule has 1 unspecified atom stereocenters. The molecule has 8 nitrogen and oxygen atoms in total. The summed E-state index contributed by atoms with van der Waals surface area (Å²) in [6.07, 6.45) is 0.0857. The zero-order chi connectivity index (χ0) is 16.0. The molecule has 0 saturated heterocycles. The van der Waals surface area contributed by atoms with Gasteiger partial charge in [0.05, 0.1) is 0 Å². The van der Waals surface area contributed by atoms with Gasteiger partial charge >= 0.3 is 5.97 Å². The zero-order valence-electron chi connectivity index (χ0n) is 12.0. The van der Waals surface area contributed by atoms with Gasteiger partial charge in [-0.1, -0.05) is 0 Å². The van der Waals surface area contributed by atoms with Crippen LogP contribution < -0.4 is 10.9 Å². The number of aromatic amines is 1. The summed E-state index contributed by atoms with van der Waals surface area (Å²) in [5, 5.41) is 19.9. The van der Waals surface area contributed by atoms with Crippen LogP contribution in [0.2, 0.25) is 0 Å². The molecular weight excluding hydrogens is 278 g/mol. The molecule has 1 rings (SSSR count). The van der Waals surface area contributed by atoms with Crippen molar-refractivity contribution in [2.75, 3.05) is 6.61 Å². The minimum Gasteiger partial charge on any atom is -0.480 e. The van der Waals surface area contributed by atoms with Gasteiger partial charge in [0, 0.05) is 30.7 Å². The minimum atomic E-state index is -1.21. The number of carbonyl (C=O) groups is 2. The molecule has 4 N–H and O–H groups in total. The van der Waals surface area contributed by atoms with E-state index in [2.05, 4.69) is 15.3 Å². The van der Waals surface area contributed by atoms with E-state index in [1.807, 2.05) is 0 Å². The third kappa shape index (κ3) is 4.99. The fourth-order valence-electron chi connectivity index (χ4n) is 1.94. The average Bonchev–Trinajstić information content (AvgIpc) is 2.36. The third-order valence-electron chi connectivity index (χ3n) is 2.99. The van der Waals surface area contributed by atoms with Crippen molar-refractivity contribution in [2.24, 2.45) is 0 Å². The Morgan fingerprint density at radius 1 is 1.38 bits per heavy atom. The van der Waals surface area contributed by atoms with E-state index in [9.17, 15) is 14.4 Å². The van der Waals surface area contributed by atoms with Crippen molar-refractivity contribution >= 4 is 11.9 Å². The summed E-state index contributed by atoms with van der Waals surface area (Å²) in [7, 11) is 0. The first kappa shape index (κ1) is 16.8. The number of H-pyrrole nitrogens is 1. The third-order valence-corrected chi connectivity index (χ3v) is 2.99. The summed E-state index contributed by atoms with van der Waals surface area (Å²) >= 11 is 0. The lowest BCUT2D eigenvalue weighted by molar-refractivity contribution is -0.142. The first-order valence-electron chi connectivity index (χ1n) is 6.54. The van der Waals surface area contributed by atoms with Crippen molar-refractivity contribution in [2.45, 2.75) is 39.2 Å². The Bertz CT molecular complexity index is 582. The molecule has 21 heavy (non-hydrogen) atoms. The van der Waals surface area contributed by atoms with Crippen LogP contribution in [0.4, 0.5) is 0 Å². The molecule has 0 aliphatic heterocycles. The number of aliphatic carboxylic acids is 1. The van der Waals surface area contributed by atoms with E-state index in [1.54, 1.807) is 13.8 Å². The van der Waals surface area contributed by atoms with Crippen LogP contribution in [0.25, 0.3) is 0 Å². The minimum absolute atomic E-state index is 0.0239. The Morgan fingerprint density at radius 3 is 2.57 bits per heavy atom. The predicted octanol–water partition coefficient (Wildman–Crippen LogP) is -0.729. The molecule has 1 heterocycles. The van der Waals surface area contributed by atoms with Crippen LogP contribution in [0, 0.1) is 13.8 Å². The van der Waals surface area contributed by atoms with E-state index in [-0.39, 0.29) is 31.4 Å². The van der Waals surface area contributed by atoms with Gasteiger partial charge < -0.3 is 20.5 Å². The second-order valence-corrected chi connectivity index (χ2v) is 4.69. The van der Waals surface area contributed by atoms with Crippen LogP contribution in [0.15, 0.2) is 4.79 Å². The van der Waals surface area contributed by atoms with Crippen LogP contribution >= 0.6 is 0 Å². The quantitative estimate of drug-likeness (QED) is 0.524. The van der Waals surface area contributed by atoms with Crippen LogP contribution in [0.3, 0.4) is 0 Å². The normalized spacial score (nSPS) is 12.0. The lowest BCUT2D eigenvalue weighted by Crippen LogP contribution is -2.41. The van der Waals surface area contributed by atoms with E-state index in [0.717, 1.165) is 0 Å². The Hall–Kier alpha value is -2.22. The number of aliphatic hydroxyl groups is 1. The van der Waals surface area contributed by atoms with Gasteiger partial charge in [-0.3, -0.25) is 9.59 Å². The average molecular weight is 297 g/mol. The van der Waals surface area contributed by atoms with Gasteiger partial charge in [-0.25, -0.2) is 9.78 Å². The van der Waals surface area contributed by atoms with E-state index in [1.165, 1.54) is 0 Å². The van der Waals surface area contributed by atoms with Gasteiger partial charge in [-0.2, -0.15) is 0 Å². The molecule has 8 heteroatoms. The number of carboxylic acid groups (broad SMARTS) is 1. The van der Waals surface area contributed by atoms with Crippen molar-refractivity contribution in [3.05, 3.63) is 27.4 Å². The van der Waals surface area contributed by atoms with Crippen molar-refractivity contribution in [1.82, 2.24) is 15.3 Å². The Morgan fingerprint density at radius 2 is 2.05 bits per heavy atom. The summed E-state index contributed by atoms with van der Waals surface area (Å²) in [6.45, 7) is 3.01. The van der Waals surface area contributed by atoms with E-state index >= 15 is 0 Å². The molecule has 0 aromatic carbocycles. The molecule has 116 valence electrons. The molecule has 0 aliphatic carbocycles. The van der Waals surface area contributed by atoms with Crippen molar-refractivity contribution in [3.8, 4) is 0 Å². The molecule has 0 aliphatic rings. The van der Waals surface area contributed by atoms with E-state index in [0.29, 0.717) is 17.1 Å². The number of nitrogens with one attached hydrogen (secondary N) is 2. The van der Waals surface area contributed by atoms with Crippen LogP contribution in [0.5, 0.6) is 0 Å². The first-order chi connectivity index (χ1) is 9.85. The number of hydrogen-bond donors (Lipinski definition) is 4. The van der Waals surface area contributed by atoms with Crippen LogP contribution in [-0.4, -0.2) is 44.7 Å². The summed E-state index contributed by atoms with van der Waals surface area (Å²) in [4.78, 5) is 41.0. The molecule has 1 amide bonds. The summed E-state index contributed by atoms with van der Waals surface area (Å²) in [5.41, 5.74) is 0.664. The van der Waals surface area contributed by atoms with Gasteiger partial charge in [0.1, 0.15) is 11.9 Å². The van der Waals surface area contributed by atoms with Crippen molar-refractivity contribution in [1.29, 1.82) is 0 Å². The molecule has 0 spiro atoms. The molecule has 0 radical (unpaired) electrons. The van der Waals surface area contributed by atoms with Gasteiger partial charge in [0.15, 0.2) is 0 Å². The number of nitrogens with zero attached hydrogens (tertiary/aromatic N) is 1. The van der Waals surface area contributed by atoms with Gasteiger partial charge in [-0.15, -0.1) is 0 Å². The number of carbonyl (C=O) groups excluding carboxylic acids is 1. The molecule has 0 bridgehead atoms. The van der Waals surface area contributed by atoms with E-state index < -0.39 is 17.9 Å². The molecule has 1 atom stereocenters. The van der Waals surface area contributed by atoms with Gasteiger partial charge in [0.2, 0.25) is 5.91 Å². The maximum absolute atomic E-state index is 11.8. The lowest BCUT2D eigenvalue weighted by Gasteiger charge is -2.13. The SMILES string of the molecule is Cc1nc(C)c(CCC(=O)NC(CCO)C(=O)O)c(=O)[nH]1. The molecule has 1 aromatic rings. The standard InChI is InChI=1S/C13H19N3O5/c1-7-9(12(19)15-8(2)14-7)3-4-11(18)16-10(5-6-17)13(20)21/h10,17H,3-6H2,1-2H3,(H,16,18)(H,20,21)(H,14,15,19). The smallest absolute Gasteiger partial charge is 0.326 e. The predicted molar refractivity (Wildman–Crippen MR) is 73.9 cm³/mol. The molecule has 0 fully saturated rings. The number of amides is 1. The fraction of sp³-hybridized carbons (Fsp3) is 0.538. The Balaban J connectivity index is 2.65. The summed E-state index contributed by atoms with van der Waals surface area (Å²) in [6, 6.07) is -1.13. The number of aromatic nitrogens is 2. The van der Waals surface area contributed by atoms with Crippen LogP contribution in [0.1, 0.15) is 29.9 Å². The molecule has 1 aromatic heterocycles. The van der Waals surface area contributed by atoms with Crippen molar-refractivity contribution in [3.63, 3.8) is 0 Å². The highest BCUT2D eigenvalue weighted by Gasteiger charge is 2.19. The number of aryl methyl sites for hydroxylation is 2. The second kappa shape index (κ2) is 7.53. The number of carboxylic acids is 1. The maximum Gasteiger partial charge on any atom is 0.326 e. The number of hydrogen-bond acceptors (Lipinski definition) is 5. The van der Waals surface area contributed by atoms with Gasteiger partial charge in [0.25, 0.3) is 5.56 Å². The van der Waals surface area contributed by atoms with Gasteiger partial charge in [-0.05, 0) is 20.3 Å². The number of aliphatic hydroxyl groups excluding tert-OH is 1. The highest BCUT2D eigenvalue weighted by molar-refractivity contribution is 5.83. The zero-order valence-corrected chi connectivity index (χ0v) is 12.0. The largest absolute Gasteiger partial charge is 0.480 e. The highest BCUT2D eigenvalue weighted by atomic mass is 16.4. The topological polar surface area (TPSA) is 132 Å².